The summed E-state index contributed by atoms with van der Waals surface area (Å²) < 4.78 is 13.0. The fourth-order valence-electron chi connectivity index (χ4n) is 2.08. The van der Waals surface area contributed by atoms with E-state index in [1.807, 2.05) is 12.3 Å². The molecule has 1 aromatic heterocycles. The average molecular weight is 220 g/mol. The van der Waals surface area contributed by atoms with E-state index in [4.69, 9.17) is 5.73 Å². The molecule has 0 aliphatic carbocycles. The van der Waals surface area contributed by atoms with Crippen molar-refractivity contribution < 1.29 is 4.39 Å². The van der Waals surface area contributed by atoms with E-state index in [2.05, 4.69) is 18.8 Å². The molecule has 0 saturated heterocycles. The van der Waals surface area contributed by atoms with Gasteiger partial charge in [0.25, 0.3) is 0 Å². The molecule has 2 aromatic rings. The number of rotatable bonds is 3. The highest BCUT2D eigenvalue weighted by Gasteiger charge is 2.16. The van der Waals surface area contributed by atoms with Gasteiger partial charge in [-0.25, -0.2) is 4.39 Å². The second kappa shape index (κ2) is 4.26. The molecule has 2 rings (SSSR count). The van der Waals surface area contributed by atoms with Crippen LogP contribution in [-0.2, 0) is 0 Å². The Morgan fingerprint density at radius 3 is 2.88 bits per heavy atom. The summed E-state index contributed by atoms with van der Waals surface area (Å²) in [4.78, 5) is 3.09. The molecule has 16 heavy (non-hydrogen) atoms. The van der Waals surface area contributed by atoms with Crippen LogP contribution in [0, 0.1) is 5.82 Å². The van der Waals surface area contributed by atoms with Crippen molar-refractivity contribution in [3.63, 3.8) is 0 Å². The minimum atomic E-state index is -0.214. The van der Waals surface area contributed by atoms with E-state index in [1.165, 1.54) is 17.7 Å². The molecule has 2 atom stereocenters. The van der Waals surface area contributed by atoms with Crippen molar-refractivity contribution in [3.8, 4) is 0 Å². The second-order valence-corrected chi connectivity index (χ2v) is 4.29. The Balaban J connectivity index is 2.45. The van der Waals surface area contributed by atoms with Crippen molar-refractivity contribution in [1.29, 1.82) is 0 Å². The van der Waals surface area contributed by atoms with Crippen molar-refractivity contribution in [2.45, 2.75) is 32.2 Å². The summed E-state index contributed by atoms with van der Waals surface area (Å²) in [5.74, 6) is 0.0672. The fraction of sp³-hybridized carbons (Fsp3) is 0.385. The van der Waals surface area contributed by atoms with Crippen LogP contribution in [-0.4, -0.2) is 11.0 Å². The number of hydrogen-bond donors (Lipinski definition) is 2. The van der Waals surface area contributed by atoms with Crippen LogP contribution < -0.4 is 5.73 Å². The minimum absolute atomic E-state index is 0.143. The number of nitrogens with one attached hydrogen (secondary N) is 1. The van der Waals surface area contributed by atoms with Gasteiger partial charge >= 0.3 is 0 Å². The van der Waals surface area contributed by atoms with Gasteiger partial charge < -0.3 is 10.7 Å². The number of hydrogen-bond acceptors (Lipinski definition) is 1. The molecule has 0 aliphatic rings. The molecule has 0 fully saturated rings. The van der Waals surface area contributed by atoms with E-state index < -0.39 is 0 Å². The van der Waals surface area contributed by atoms with Crippen LogP contribution in [0.5, 0.6) is 0 Å². The monoisotopic (exact) mass is 220 g/mol. The molecule has 3 N–H and O–H groups in total. The normalized spacial score (nSPS) is 15.2. The maximum atomic E-state index is 13.0. The van der Waals surface area contributed by atoms with Crippen molar-refractivity contribution in [1.82, 2.24) is 4.98 Å². The molecule has 0 aliphatic heterocycles. The largest absolute Gasteiger partial charge is 0.361 e. The summed E-state index contributed by atoms with van der Waals surface area (Å²) in [5.41, 5.74) is 8.05. The second-order valence-electron chi connectivity index (χ2n) is 4.29. The highest BCUT2D eigenvalue weighted by Crippen LogP contribution is 2.28. The van der Waals surface area contributed by atoms with Crippen molar-refractivity contribution >= 4 is 10.9 Å². The SMILES string of the molecule is CC[C@@H](N)[C@H](C)c1c[nH]c2cc(F)ccc12. The number of aromatic nitrogens is 1. The molecule has 0 saturated carbocycles. The van der Waals surface area contributed by atoms with E-state index in [9.17, 15) is 4.39 Å². The van der Waals surface area contributed by atoms with E-state index >= 15 is 0 Å². The van der Waals surface area contributed by atoms with Crippen LogP contribution in [0.15, 0.2) is 24.4 Å². The fourth-order valence-corrected chi connectivity index (χ4v) is 2.08. The van der Waals surface area contributed by atoms with Gasteiger partial charge in [-0.05, 0) is 36.1 Å². The molecule has 86 valence electrons. The Morgan fingerprint density at radius 2 is 2.19 bits per heavy atom. The van der Waals surface area contributed by atoms with Crippen LogP contribution in [0.1, 0.15) is 31.7 Å². The average Bonchev–Trinajstić information content (AvgIpc) is 2.69. The Morgan fingerprint density at radius 1 is 1.44 bits per heavy atom. The molecular formula is C13H17FN2. The van der Waals surface area contributed by atoms with Crippen LogP contribution in [0.2, 0.25) is 0 Å². The lowest BCUT2D eigenvalue weighted by atomic mass is 9.92. The third-order valence-electron chi connectivity index (χ3n) is 3.28. The highest BCUT2D eigenvalue weighted by molar-refractivity contribution is 5.83. The first-order chi connectivity index (χ1) is 7.63. The van der Waals surface area contributed by atoms with E-state index in [1.54, 1.807) is 0 Å². The number of halogens is 1. The molecule has 1 heterocycles. The first-order valence-corrected chi connectivity index (χ1v) is 5.65. The van der Waals surface area contributed by atoms with Crippen molar-refractivity contribution in [2.75, 3.05) is 0 Å². The number of aromatic amines is 1. The predicted octanol–water partition coefficient (Wildman–Crippen LogP) is 3.15. The molecule has 3 heteroatoms. The Hall–Kier alpha value is -1.35. The lowest BCUT2D eigenvalue weighted by molar-refractivity contribution is 0.554. The zero-order valence-electron chi connectivity index (χ0n) is 9.63. The molecule has 1 aromatic carbocycles. The van der Waals surface area contributed by atoms with Crippen molar-refractivity contribution in [3.05, 3.63) is 35.8 Å². The maximum Gasteiger partial charge on any atom is 0.125 e. The van der Waals surface area contributed by atoms with Crippen molar-refractivity contribution in [2.24, 2.45) is 5.73 Å². The zero-order chi connectivity index (χ0) is 11.7. The van der Waals surface area contributed by atoms with E-state index in [0.717, 1.165) is 17.3 Å². The first kappa shape index (κ1) is 11.1. The predicted molar refractivity (Wildman–Crippen MR) is 64.9 cm³/mol. The summed E-state index contributed by atoms with van der Waals surface area (Å²) in [6.07, 6.45) is 2.87. The molecule has 0 unspecified atom stereocenters. The lowest BCUT2D eigenvalue weighted by Crippen LogP contribution is -2.25. The number of nitrogens with two attached hydrogens (primary N) is 1. The minimum Gasteiger partial charge on any atom is -0.361 e. The molecule has 0 spiro atoms. The standard InChI is InChI=1S/C13H17FN2/c1-3-12(15)8(2)11-7-16-13-6-9(14)4-5-10(11)13/h4-8,12,16H,3,15H2,1-2H3/t8-,12-/m1/s1. The van der Waals surface area contributed by atoms with Crippen LogP contribution in [0.3, 0.4) is 0 Å². The topological polar surface area (TPSA) is 41.8 Å². The van der Waals surface area contributed by atoms with Crippen LogP contribution >= 0.6 is 0 Å². The van der Waals surface area contributed by atoms with Crippen LogP contribution in [0.4, 0.5) is 4.39 Å². The van der Waals surface area contributed by atoms with E-state index in [-0.39, 0.29) is 17.8 Å². The number of benzene rings is 1. The Labute approximate surface area is 94.7 Å². The summed E-state index contributed by atoms with van der Waals surface area (Å²) in [6.45, 7) is 4.19. The lowest BCUT2D eigenvalue weighted by Gasteiger charge is -2.17. The first-order valence-electron chi connectivity index (χ1n) is 5.65. The zero-order valence-corrected chi connectivity index (χ0v) is 9.63. The van der Waals surface area contributed by atoms with E-state index in [0.29, 0.717) is 0 Å². The summed E-state index contributed by atoms with van der Waals surface area (Å²) in [6, 6.07) is 4.96. The van der Waals surface area contributed by atoms with Crippen LogP contribution in [0.25, 0.3) is 10.9 Å². The van der Waals surface area contributed by atoms with Gasteiger partial charge in [0.2, 0.25) is 0 Å². The van der Waals surface area contributed by atoms with Gasteiger partial charge in [0.05, 0.1) is 0 Å². The van der Waals surface area contributed by atoms with Gasteiger partial charge in [-0.2, -0.15) is 0 Å². The molecule has 0 amide bonds. The van der Waals surface area contributed by atoms with Gasteiger partial charge in [-0.1, -0.05) is 13.8 Å². The number of H-pyrrole nitrogens is 1. The third-order valence-corrected chi connectivity index (χ3v) is 3.28. The van der Waals surface area contributed by atoms with Gasteiger partial charge in [0.15, 0.2) is 0 Å². The van der Waals surface area contributed by atoms with Gasteiger partial charge in [-0.3, -0.25) is 0 Å². The van der Waals surface area contributed by atoms with Gasteiger partial charge in [0, 0.05) is 23.1 Å². The Bertz CT molecular complexity index is 490. The summed E-state index contributed by atoms with van der Waals surface area (Å²) in [7, 11) is 0. The third kappa shape index (κ3) is 1.83. The summed E-state index contributed by atoms with van der Waals surface area (Å²) >= 11 is 0. The Kier molecular flexibility index (Phi) is 2.97. The summed E-state index contributed by atoms with van der Waals surface area (Å²) in [5, 5.41) is 1.07. The molecule has 0 radical (unpaired) electrons. The quantitative estimate of drug-likeness (QED) is 0.819. The van der Waals surface area contributed by atoms with Gasteiger partial charge in [-0.15, -0.1) is 0 Å². The maximum absolute atomic E-state index is 13.0. The molecule has 0 bridgehead atoms. The number of fused-ring (bicyclic) bond motifs is 1. The highest BCUT2D eigenvalue weighted by atomic mass is 19.1. The molecular weight excluding hydrogens is 203 g/mol. The molecule has 2 nitrogen and oxygen atoms in total. The smallest absolute Gasteiger partial charge is 0.125 e. The van der Waals surface area contributed by atoms with Gasteiger partial charge in [0.1, 0.15) is 5.82 Å².